The molecule has 4 nitrogen and oxygen atoms in total. The lowest BCUT2D eigenvalue weighted by Gasteiger charge is -2.34. The average molecular weight is 353 g/mol. The van der Waals surface area contributed by atoms with E-state index in [1.165, 1.54) is 19.4 Å². The number of carbonyl (C=O) groups is 1. The lowest BCUT2D eigenvalue weighted by molar-refractivity contribution is 0.0817. The van der Waals surface area contributed by atoms with Crippen LogP contribution in [0.4, 0.5) is 5.69 Å². The van der Waals surface area contributed by atoms with Gasteiger partial charge in [0.05, 0.1) is 23.4 Å². The fraction of sp³-hybridized carbons (Fsp3) is 0.632. The van der Waals surface area contributed by atoms with Crippen molar-refractivity contribution in [2.45, 2.75) is 39.5 Å². The van der Waals surface area contributed by atoms with Gasteiger partial charge in [-0.1, -0.05) is 31.9 Å². The van der Waals surface area contributed by atoms with Gasteiger partial charge in [0, 0.05) is 12.0 Å². The van der Waals surface area contributed by atoms with Gasteiger partial charge >= 0.3 is 0 Å². The number of nitrogens with zero attached hydrogens (tertiary/aromatic N) is 1. The van der Waals surface area contributed by atoms with E-state index in [4.69, 9.17) is 22.1 Å². The topological polar surface area (TPSA) is 55.6 Å². The zero-order valence-electron chi connectivity index (χ0n) is 15.0. The second-order valence-corrected chi connectivity index (χ2v) is 7.17. The number of hydrogen-bond donors (Lipinski definition) is 1. The Morgan fingerprint density at radius 1 is 1.42 bits per heavy atom. The highest BCUT2D eigenvalue weighted by atomic mass is 35.5. The van der Waals surface area contributed by atoms with Gasteiger partial charge in [0.25, 0.3) is 0 Å². The number of likely N-dealkylation sites (tertiary alicyclic amines) is 1. The molecule has 0 spiro atoms. The number of ketones is 1. The monoisotopic (exact) mass is 352 g/mol. The molecule has 2 N–H and O–H groups in total. The van der Waals surface area contributed by atoms with Crippen LogP contribution >= 0.6 is 11.6 Å². The largest absolute Gasteiger partial charge is 0.496 e. The molecule has 1 saturated heterocycles. The van der Waals surface area contributed by atoms with E-state index in [1.54, 1.807) is 19.2 Å². The molecule has 1 aromatic rings. The average Bonchev–Trinajstić information content (AvgIpc) is 2.61. The lowest BCUT2D eigenvalue weighted by Crippen LogP contribution is -2.37. The van der Waals surface area contributed by atoms with Gasteiger partial charge in [-0.05, 0) is 50.9 Å². The second-order valence-electron chi connectivity index (χ2n) is 6.76. The molecule has 1 atom stereocenters. The van der Waals surface area contributed by atoms with Gasteiger partial charge in [-0.2, -0.15) is 0 Å². The molecule has 1 fully saturated rings. The number of anilines is 1. The number of Topliss-reactive ketones (excluding diaryl/α,β-unsaturated/α-hetero) is 1. The molecule has 1 aromatic carbocycles. The first-order chi connectivity index (χ1) is 11.5. The molecule has 0 aliphatic carbocycles. The molecule has 1 aliphatic heterocycles. The Bertz CT molecular complexity index is 569. The van der Waals surface area contributed by atoms with Crippen molar-refractivity contribution in [1.29, 1.82) is 0 Å². The van der Waals surface area contributed by atoms with Crippen molar-refractivity contribution < 1.29 is 9.53 Å². The number of methoxy groups -OCH3 is 1. The van der Waals surface area contributed by atoms with Gasteiger partial charge < -0.3 is 15.4 Å². The quantitative estimate of drug-likeness (QED) is 0.588. The third kappa shape index (κ3) is 4.42. The van der Waals surface area contributed by atoms with E-state index in [9.17, 15) is 4.79 Å². The van der Waals surface area contributed by atoms with Gasteiger partial charge in [0.1, 0.15) is 5.75 Å². The number of ether oxygens (including phenoxy) is 1. The highest BCUT2D eigenvalue weighted by Gasteiger charge is 2.30. The summed E-state index contributed by atoms with van der Waals surface area (Å²) in [4.78, 5) is 15.5. The number of rotatable bonds is 7. The summed E-state index contributed by atoms with van der Waals surface area (Å²) in [5.41, 5.74) is 6.78. The van der Waals surface area contributed by atoms with Gasteiger partial charge in [0.2, 0.25) is 0 Å². The first-order valence-corrected chi connectivity index (χ1v) is 9.25. The van der Waals surface area contributed by atoms with Crippen molar-refractivity contribution in [1.82, 2.24) is 4.90 Å². The SMILES string of the molecule is CCCCN1CCC(C(C)C(=O)c2cc(Cl)c(N)cc2OC)CC1. The molecule has 0 amide bonds. The van der Waals surface area contributed by atoms with Crippen molar-refractivity contribution in [2.75, 3.05) is 32.5 Å². The first-order valence-electron chi connectivity index (χ1n) is 8.87. The van der Waals surface area contributed by atoms with Crippen molar-refractivity contribution >= 4 is 23.1 Å². The van der Waals surface area contributed by atoms with Gasteiger partial charge in [-0.3, -0.25) is 4.79 Å². The van der Waals surface area contributed by atoms with Crippen LogP contribution in [0.1, 0.15) is 49.9 Å². The molecular formula is C19H29ClN2O2. The van der Waals surface area contributed by atoms with Crippen LogP contribution in [0, 0.1) is 11.8 Å². The van der Waals surface area contributed by atoms with Crippen LogP contribution in [0.15, 0.2) is 12.1 Å². The molecule has 1 heterocycles. The van der Waals surface area contributed by atoms with Crippen LogP contribution in [0.25, 0.3) is 0 Å². The third-order valence-corrected chi connectivity index (χ3v) is 5.49. The van der Waals surface area contributed by atoms with E-state index in [0.29, 0.717) is 27.9 Å². The summed E-state index contributed by atoms with van der Waals surface area (Å²) in [7, 11) is 1.55. The number of halogens is 1. The minimum absolute atomic E-state index is 0.0353. The first kappa shape index (κ1) is 19.1. The normalized spacial score (nSPS) is 17.7. The molecule has 1 unspecified atom stereocenters. The Kier molecular flexibility index (Phi) is 6.93. The minimum atomic E-state index is -0.0353. The zero-order chi connectivity index (χ0) is 17.7. The van der Waals surface area contributed by atoms with E-state index in [2.05, 4.69) is 11.8 Å². The molecule has 0 saturated carbocycles. The Labute approximate surface area is 150 Å². The van der Waals surface area contributed by atoms with Crippen LogP contribution in [0.2, 0.25) is 5.02 Å². The van der Waals surface area contributed by atoms with E-state index in [1.807, 2.05) is 6.92 Å². The summed E-state index contributed by atoms with van der Waals surface area (Å²) in [5.74, 6) is 0.984. The number of benzene rings is 1. The maximum Gasteiger partial charge on any atom is 0.169 e. The number of carbonyl (C=O) groups excluding carboxylic acids is 1. The molecule has 134 valence electrons. The fourth-order valence-corrected chi connectivity index (χ4v) is 3.61. The summed E-state index contributed by atoms with van der Waals surface area (Å²) in [5, 5.41) is 0.403. The van der Waals surface area contributed by atoms with Crippen molar-refractivity contribution in [3.8, 4) is 5.75 Å². The smallest absolute Gasteiger partial charge is 0.169 e. The summed E-state index contributed by atoms with van der Waals surface area (Å²) in [6, 6.07) is 3.28. The molecule has 0 bridgehead atoms. The molecule has 1 aliphatic rings. The molecule has 24 heavy (non-hydrogen) atoms. The summed E-state index contributed by atoms with van der Waals surface area (Å²) >= 11 is 6.11. The number of nitrogen functional groups attached to an aromatic ring is 1. The number of piperidine rings is 1. The standard InChI is InChI=1S/C19H29ClN2O2/c1-4-5-8-22-9-6-14(7-10-22)13(2)19(23)15-11-16(20)17(21)12-18(15)24-3/h11-14H,4-10,21H2,1-3H3. The highest BCUT2D eigenvalue weighted by Crippen LogP contribution is 2.34. The summed E-state index contributed by atoms with van der Waals surface area (Å²) in [6.07, 6.45) is 4.62. The van der Waals surface area contributed by atoms with Crippen LogP contribution in [0.3, 0.4) is 0 Å². The van der Waals surface area contributed by atoms with E-state index in [-0.39, 0.29) is 11.7 Å². The fourth-order valence-electron chi connectivity index (χ4n) is 3.45. The van der Waals surface area contributed by atoms with Crippen LogP contribution in [-0.2, 0) is 0 Å². The van der Waals surface area contributed by atoms with E-state index in [0.717, 1.165) is 25.9 Å². The minimum Gasteiger partial charge on any atom is -0.496 e. The maximum atomic E-state index is 12.9. The molecule has 2 rings (SSSR count). The van der Waals surface area contributed by atoms with Crippen molar-refractivity contribution in [3.63, 3.8) is 0 Å². The van der Waals surface area contributed by atoms with E-state index < -0.39 is 0 Å². The Balaban J connectivity index is 2.04. The summed E-state index contributed by atoms with van der Waals surface area (Å²) < 4.78 is 5.33. The van der Waals surface area contributed by atoms with Crippen LogP contribution in [-0.4, -0.2) is 37.4 Å². The Hall–Kier alpha value is -1.26. The van der Waals surface area contributed by atoms with E-state index >= 15 is 0 Å². The number of nitrogens with two attached hydrogens (primary N) is 1. The van der Waals surface area contributed by atoms with Gasteiger partial charge in [-0.15, -0.1) is 0 Å². The highest BCUT2D eigenvalue weighted by molar-refractivity contribution is 6.33. The predicted molar refractivity (Wildman–Crippen MR) is 100.0 cm³/mol. The predicted octanol–water partition coefficient (Wildman–Crippen LogP) is 4.26. The lowest BCUT2D eigenvalue weighted by atomic mass is 9.81. The number of unbranched alkanes of at least 4 members (excludes halogenated alkanes) is 1. The van der Waals surface area contributed by atoms with Gasteiger partial charge in [0.15, 0.2) is 5.78 Å². The Morgan fingerprint density at radius 3 is 2.67 bits per heavy atom. The van der Waals surface area contributed by atoms with Crippen LogP contribution in [0.5, 0.6) is 5.75 Å². The van der Waals surface area contributed by atoms with Crippen LogP contribution < -0.4 is 10.5 Å². The maximum absolute atomic E-state index is 12.9. The summed E-state index contributed by atoms with van der Waals surface area (Å²) in [6.45, 7) is 7.59. The van der Waals surface area contributed by atoms with Gasteiger partial charge in [-0.25, -0.2) is 0 Å². The number of hydrogen-bond acceptors (Lipinski definition) is 4. The molecule has 0 aromatic heterocycles. The molecule has 5 heteroatoms. The molecule has 0 radical (unpaired) electrons. The second kappa shape index (κ2) is 8.72. The molecular weight excluding hydrogens is 324 g/mol. The van der Waals surface area contributed by atoms with Crippen molar-refractivity contribution in [2.24, 2.45) is 11.8 Å². The Morgan fingerprint density at radius 2 is 2.08 bits per heavy atom. The third-order valence-electron chi connectivity index (χ3n) is 5.17. The van der Waals surface area contributed by atoms with Crippen molar-refractivity contribution in [3.05, 3.63) is 22.7 Å². The zero-order valence-corrected chi connectivity index (χ0v) is 15.7.